The van der Waals surface area contributed by atoms with Gasteiger partial charge in [-0.1, -0.05) is 32.9 Å². The number of hydrogen-bond acceptors (Lipinski definition) is 6. The number of phenols is 1. The van der Waals surface area contributed by atoms with Crippen LogP contribution in [0.1, 0.15) is 50.3 Å². The van der Waals surface area contributed by atoms with Crippen molar-refractivity contribution in [2.75, 3.05) is 10.8 Å². The lowest BCUT2D eigenvalue weighted by Crippen LogP contribution is -2.29. The van der Waals surface area contributed by atoms with Crippen LogP contribution in [0.4, 0.5) is 5.69 Å². The second-order valence-corrected chi connectivity index (χ2v) is 12.0. The SMILES string of the molecule is CCC(C)(C)c1ccc(S(N)(=O)=O)cc1CCCc1ccc(N2CC(=O)NS2(=O)=O)c(O)c1. The molecule has 4 N–H and O–H groups in total. The third-order valence-electron chi connectivity index (χ3n) is 6.06. The van der Waals surface area contributed by atoms with Gasteiger partial charge in [-0.2, -0.15) is 8.42 Å². The summed E-state index contributed by atoms with van der Waals surface area (Å²) >= 11 is 0. The van der Waals surface area contributed by atoms with E-state index in [1.165, 1.54) is 18.2 Å². The number of nitrogens with zero attached hydrogens (tertiary/aromatic N) is 1. The van der Waals surface area contributed by atoms with Crippen molar-refractivity contribution >= 4 is 31.8 Å². The minimum Gasteiger partial charge on any atom is -0.506 e. The number of carbonyl (C=O) groups is 1. The first-order valence-electron chi connectivity index (χ1n) is 10.6. The van der Waals surface area contributed by atoms with Crippen LogP contribution in [-0.2, 0) is 43.3 Å². The Morgan fingerprint density at radius 1 is 1.15 bits per heavy atom. The number of anilines is 1. The molecule has 9 nitrogen and oxygen atoms in total. The molecule has 1 heterocycles. The lowest BCUT2D eigenvalue weighted by atomic mass is 9.78. The van der Waals surface area contributed by atoms with Gasteiger partial charge >= 0.3 is 10.2 Å². The maximum absolute atomic E-state index is 12.0. The number of aryl methyl sites for hydroxylation is 2. The molecule has 1 aliphatic heterocycles. The summed E-state index contributed by atoms with van der Waals surface area (Å²) in [7, 11) is -7.82. The minimum atomic E-state index is -4.00. The zero-order chi connectivity index (χ0) is 24.6. The van der Waals surface area contributed by atoms with Gasteiger partial charge < -0.3 is 5.11 Å². The van der Waals surface area contributed by atoms with Gasteiger partial charge in [0.25, 0.3) is 5.91 Å². The van der Waals surface area contributed by atoms with E-state index in [4.69, 9.17) is 5.14 Å². The summed E-state index contributed by atoms with van der Waals surface area (Å²) in [6.45, 7) is 5.90. The highest BCUT2D eigenvalue weighted by Crippen LogP contribution is 2.33. The summed E-state index contributed by atoms with van der Waals surface area (Å²) in [4.78, 5) is 11.5. The van der Waals surface area contributed by atoms with Crippen molar-refractivity contribution in [2.45, 2.75) is 56.8 Å². The molecule has 1 fully saturated rings. The summed E-state index contributed by atoms with van der Waals surface area (Å²) in [6, 6.07) is 9.64. The summed E-state index contributed by atoms with van der Waals surface area (Å²) < 4.78 is 50.4. The third-order valence-corrected chi connectivity index (χ3v) is 8.36. The molecule has 0 saturated carbocycles. The summed E-state index contributed by atoms with van der Waals surface area (Å²) in [6.07, 6.45) is 2.72. The summed E-state index contributed by atoms with van der Waals surface area (Å²) in [5, 5.41) is 15.7. The van der Waals surface area contributed by atoms with E-state index >= 15 is 0 Å². The fourth-order valence-electron chi connectivity index (χ4n) is 3.88. The lowest BCUT2D eigenvalue weighted by molar-refractivity contribution is -0.117. The van der Waals surface area contributed by atoms with Crippen LogP contribution >= 0.6 is 0 Å². The average Bonchev–Trinajstić information content (AvgIpc) is 2.99. The number of carbonyl (C=O) groups excluding carboxylic acids is 1. The van der Waals surface area contributed by atoms with Crippen LogP contribution in [0.5, 0.6) is 5.75 Å². The van der Waals surface area contributed by atoms with Gasteiger partial charge in [0, 0.05) is 0 Å². The van der Waals surface area contributed by atoms with E-state index in [1.54, 1.807) is 12.1 Å². The van der Waals surface area contributed by atoms with Crippen molar-refractivity contribution < 1.29 is 26.7 Å². The van der Waals surface area contributed by atoms with E-state index < -0.39 is 26.1 Å². The zero-order valence-electron chi connectivity index (χ0n) is 18.8. The van der Waals surface area contributed by atoms with Crippen molar-refractivity contribution in [3.63, 3.8) is 0 Å². The van der Waals surface area contributed by atoms with E-state index in [0.717, 1.165) is 27.4 Å². The van der Waals surface area contributed by atoms with Gasteiger partial charge in [0.15, 0.2) is 0 Å². The standard InChI is InChI=1S/C22H29N3O6S2/c1-4-22(2,3)18-10-9-17(32(23,28)29)13-16(18)7-5-6-15-8-11-19(20(26)12-15)25-14-21(27)24-33(25,30)31/h8-13,26H,4-7,14H2,1-3H3,(H,24,27)(H2,23,28,29). The van der Waals surface area contributed by atoms with Crippen molar-refractivity contribution in [3.8, 4) is 5.75 Å². The number of nitrogens with one attached hydrogen (secondary N) is 1. The highest BCUT2D eigenvalue weighted by molar-refractivity contribution is 7.92. The quantitative estimate of drug-likeness (QED) is 0.511. The first-order valence-corrected chi connectivity index (χ1v) is 13.5. The molecule has 3 rings (SSSR count). The third kappa shape index (κ3) is 5.48. The van der Waals surface area contributed by atoms with Gasteiger partial charge in [-0.05, 0) is 72.1 Å². The van der Waals surface area contributed by atoms with E-state index in [-0.39, 0.29) is 28.3 Å². The van der Waals surface area contributed by atoms with Crippen LogP contribution in [0, 0.1) is 0 Å². The Bertz CT molecular complexity index is 1290. The molecule has 0 spiro atoms. The largest absolute Gasteiger partial charge is 0.506 e. The molecule has 2 aromatic carbocycles. The smallest absolute Gasteiger partial charge is 0.326 e. The Balaban J connectivity index is 1.79. The normalized spacial score (nSPS) is 16.1. The van der Waals surface area contributed by atoms with E-state index in [0.29, 0.717) is 19.3 Å². The Morgan fingerprint density at radius 2 is 1.85 bits per heavy atom. The van der Waals surface area contributed by atoms with Crippen LogP contribution in [0.25, 0.3) is 0 Å². The number of rotatable bonds is 8. The van der Waals surface area contributed by atoms with E-state index in [9.17, 15) is 26.7 Å². The van der Waals surface area contributed by atoms with Crippen LogP contribution in [0.3, 0.4) is 0 Å². The number of nitrogens with two attached hydrogens (primary N) is 1. The van der Waals surface area contributed by atoms with Crippen molar-refractivity contribution in [2.24, 2.45) is 5.14 Å². The second kappa shape index (κ2) is 8.96. The highest BCUT2D eigenvalue weighted by Gasteiger charge is 2.35. The molecular weight excluding hydrogens is 466 g/mol. The fourth-order valence-corrected chi connectivity index (χ4v) is 5.61. The number of amides is 1. The molecule has 1 saturated heterocycles. The van der Waals surface area contributed by atoms with Gasteiger partial charge in [-0.3, -0.25) is 4.79 Å². The molecule has 0 aliphatic carbocycles. The van der Waals surface area contributed by atoms with Gasteiger partial charge in [-0.15, -0.1) is 0 Å². The van der Waals surface area contributed by atoms with Crippen LogP contribution in [-0.4, -0.2) is 34.4 Å². The monoisotopic (exact) mass is 495 g/mol. The lowest BCUT2D eigenvalue weighted by Gasteiger charge is -2.27. The fraction of sp³-hybridized carbons (Fsp3) is 0.409. The molecule has 0 radical (unpaired) electrons. The molecule has 1 aliphatic rings. The van der Waals surface area contributed by atoms with Crippen molar-refractivity contribution in [3.05, 3.63) is 53.1 Å². The Labute approximate surface area is 194 Å². The molecule has 33 heavy (non-hydrogen) atoms. The minimum absolute atomic E-state index is 0.0323. The Kier molecular flexibility index (Phi) is 6.79. The van der Waals surface area contributed by atoms with Gasteiger partial charge in [-0.25, -0.2) is 22.6 Å². The molecule has 0 atom stereocenters. The van der Waals surface area contributed by atoms with Gasteiger partial charge in [0.2, 0.25) is 10.0 Å². The Hall–Kier alpha value is -2.63. The molecule has 1 amide bonds. The van der Waals surface area contributed by atoms with E-state index in [1.807, 2.05) is 10.8 Å². The zero-order valence-corrected chi connectivity index (χ0v) is 20.5. The van der Waals surface area contributed by atoms with Crippen molar-refractivity contribution in [1.82, 2.24) is 4.72 Å². The van der Waals surface area contributed by atoms with Crippen LogP contribution in [0.15, 0.2) is 41.3 Å². The van der Waals surface area contributed by atoms with Crippen molar-refractivity contribution in [1.29, 1.82) is 0 Å². The molecule has 0 aromatic heterocycles. The molecule has 0 bridgehead atoms. The number of benzene rings is 2. The van der Waals surface area contributed by atoms with Crippen LogP contribution in [0.2, 0.25) is 0 Å². The first kappa shape index (κ1) is 25.0. The Morgan fingerprint density at radius 3 is 2.39 bits per heavy atom. The number of sulfonamides is 1. The highest BCUT2D eigenvalue weighted by atomic mass is 32.2. The number of phenolic OH excluding ortho intramolecular Hbond substituents is 1. The van der Waals surface area contributed by atoms with Crippen LogP contribution < -0.4 is 14.2 Å². The molecule has 0 unspecified atom stereocenters. The molecule has 180 valence electrons. The summed E-state index contributed by atoms with van der Waals surface area (Å²) in [5.74, 6) is -0.900. The average molecular weight is 496 g/mol. The number of aromatic hydroxyl groups is 1. The predicted octanol–water partition coefficient (Wildman–Crippen LogP) is 2.08. The number of primary sulfonamides is 1. The second-order valence-electron chi connectivity index (χ2n) is 8.81. The van der Waals surface area contributed by atoms with Gasteiger partial charge in [0.05, 0.1) is 10.6 Å². The maximum Gasteiger partial charge on any atom is 0.326 e. The number of hydrogen-bond donors (Lipinski definition) is 3. The molecular formula is C22H29N3O6S2. The van der Waals surface area contributed by atoms with Gasteiger partial charge in [0.1, 0.15) is 12.3 Å². The molecule has 2 aromatic rings. The summed E-state index contributed by atoms with van der Waals surface area (Å²) in [5.41, 5.74) is 2.64. The predicted molar refractivity (Wildman–Crippen MR) is 126 cm³/mol. The topological polar surface area (TPSA) is 147 Å². The maximum atomic E-state index is 12.0. The molecule has 11 heteroatoms. The van der Waals surface area contributed by atoms with E-state index in [2.05, 4.69) is 20.8 Å². The first-order chi connectivity index (χ1) is 15.2.